The van der Waals surface area contributed by atoms with Gasteiger partial charge < -0.3 is 15.5 Å². The molecule has 3 rings (SSSR count). The van der Waals surface area contributed by atoms with Crippen molar-refractivity contribution in [2.45, 2.75) is 19.9 Å². The Morgan fingerprint density at radius 1 is 1.41 bits per heavy atom. The fourth-order valence-electron chi connectivity index (χ4n) is 3.48. The van der Waals surface area contributed by atoms with E-state index in [2.05, 4.69) is 17.2 Å². The largest absolute Gasteiger partial charge is 0.354 e. The maximum atomic E-state index is 13.8. The molecule has 2 heterocycles. The van der Waals surface area contributed by atoms with Gasteiger partial charge in [-0.2, -0.15) is 0 Å². The molecule has 0 aliphatic carbocycles. The van der Waals surface area contributed by atoms with Crippen molar-refractivity contribution in [2.75, 3.05) is 26.2 Å². The summed E-state index contributed by atoms with van der Waals surface area (Å²) in [5, 5.41) is 5.57. The van der Waals surface area contributed by atoms with Gasteiger partial charge in [0.15, 0.2) is 0 Å². The zero-order valence-corrected chi connectivity index (χ0v) is 16.6. The van der Waals surface area contributed by atoms with Crippen molar-refractivity contribution in [3.05, 3.63) is 59.6 Å². The summed E-state index contributed by atoms with van der Waals surface area (Å²) in [6.07, 6.45) is 1.56. The second kappa shape index (κ2) is 8.46. The van der Waals surface area contributed by atoms with Crippen LogP contribution < -0.4 is 10.6 Å². The van der Waals surface area contributed by atoms with Crippen LogP contribution in [0.2, 0.25) is 0 Å². The molecule has 4 amide bonds. The van der Waals surface area contributed by atoms with E-state index in [1.54, 1.807) is 12.1 Å². The number of benzene rings is 1. The summed E-state index contributed by atoms with van der Waals surface area (Å²) in [6.45, 7) is 8.39. The predicted octanol–water partition coefficient (Wildman–Crippen LogP) is 1.95. The van der Waals surface area contributed by atoms with Crippen LogP contribution in [0, 0.1) is 11.7 Å². The predicted molar refractivity (Wildman–Crippen MR) is 106 cm³/mol. The van der Waals surface area contributed by atoms with Gasteiger partial charge in [0, 0.05) is 13.1 Å². The van der Waals surface area contributed by atoms with Gasteiger partial charge in [0.1, 0.15) is 12.4 Å². The van der Waals surface area contributed by atoms with E-state index in [1.807, 2.05) is 13.8 Å². The third kappa shape index (κ3) is 4.31. The Hall–Kier alpha value is -3.16. The van der Waals surface area contributed by atoms with Crippen molar-refractivity contribution >= 4 is 17.8 Å². The molecule has 0 aromatic heterocycles. The highest BCUT2D eigenvalue weighted by molar-refractivity contribution is 6.03. The minimum atomic E-state index is -0.773. The van der Waals surface area contributed by atoms with Crippen LogP contribution in [0.15, 0.2) is 48.2 Å². The number of carbonyl (C=O) groups excluding carboxylic acids is 3. The van der Waals surface area contributed by atoms with Crippen molar-refractivity contribution in [1.29, 1.82) is 0 Å². The number of rotatable bonds is 7. The number of halogens is 1. The van der Waals surface area contributed by atoms with Gasteiger partial charge >= 0.3 is 6.03 Å². The van der Waals surface area contributed by atoms with Crippen molar-refractivity contribution in [1.82, 2.24) is 20.4 Å². The molecule has 0 fully saturated rings. The van der Waals surface area contributed by atoms with Crippen molar-refractivity contribution in [2.24, 2.45) is 5.92 Å². The molecule has 0 saturated heterocycles. The van der Waals surface area contributed by atoms with Crippen LogP contribution in [0.25, 0.3) is 0 Å². The Balaban J connectivity index is 1.89. The lowest BCUT2D eigenvalue weighted by molar-refractivity contribution is -0.132. The highest BCUT2D eigenvalue weighted by Gasteiger charge is 2.44. The number of hydrogen-bond acceptors (Lipinski definition) is 3. The summed E-state index contributed by atoms with van der Waals surface area (Å²) in [7, 11) is 0. The fraction of sp³-hybridized carbons (Fsp3) is 0.381. The summed E-state index contributed by atoms with van der Waals surface area (Å²) >= 11 is 0. The highest BCUT2D eigenvalue weighted by atomic mass is 19.1. The third-order valence-electron chi connectivity index (χ3n) is 4.83. The molecule has 0 unspecified atom stereocenters. The maximum absolute atomic E-state index is 13.8. The minimum Gasteiger partial charge on any atom is -0.354 e. The van der Waals surface area contributed by atoms with Crippen LogP contribution in [0.5, 0.6) is 0 Å². The quantitative estimate of drug-likeness (QED) is 0.687. The molecule has 2 N–H and O–H groups in total. The second-order valence-electron chi connectivity index (χ2n) is 7.56. The minimum absolute atomic E-state index is 0.107. The van der Waals surface area contributed by atoms with Crippen LogP contribution in [-0.2, 0) is 9.59 Å². The molecule has 2 aliphatic heterocycles. The number of hydrogen-bond donors (Lipinski definition) is 2. The summed E-state index contributed by atoms with van der Waals surface area (Å²) < 4.78 is 13.8. The van der Waals surface area contributed by atoms with E-state index in [4.69, 9.17) is 0 Å². The first kappa shape index (κ1) is 20.6. The normalized spacial score (nSPS) is 18.8. The van der Waals surface area contributed by atoms with Gasteiger partial charge in [-0.15, -0.1) is 6.58 Å². The first-order valence-corrected chi connectivity index (χ1v) is 9.55. The van der Waals surface area contributed by atoms with E-state index in [0.29, 0.717) is 29.3 Å². The standard InChI is InChI=1S/C21H25FN4O3/c1-4-8-26-16-11-25(12-17(27)23-10-13(2)3)20(28)18(16)19(24-21(26)29)14-6-5-7-15(22)9-14/h4-7,9,13,19H,1,8,10-12H2,2-3H3,(H,23,27)(H,24,29)/t19-/m1/s1. The Kier molecular flexibility index (Phi) is 6.00. The Labute approximate surface area is 169 Å². The van der Waals surface area contributed by atoms with Gasteiger partial charge in [0.05, 0.1) is 23.9 Å². The Morgan fingerprint density at radius 2 is 2.17 bits per heavy atom. The van der Waals surface area contributed by atoms with Crippen LogP contribution in [-0.4, -0.2) is 53.8 Å². The van der Waals surface area contributed by atoms with Crippen molar-refractivity contribution in [3.63, 3.8) is 0 Å². The summed E-state index contributed by atoms with van der Waals surface area (Å²) in [4.78, 5) is 40.8. The van der Waals surface area contributed by atoms with Crippen LogP contribution in [0.1, 0.15) is 25.5 Å². The zero-order valence-electron chi connectivity index (χ0n) is 16.6. The Morgan fingerprint density at radius 3 is 2.83 bits per heavy atom. The van der Waals surface area contributed by atoms with E-state index in [9.17, 15) is 18.8 Å². The molecule has 0 bridgehead atoms. The zero-order chi connectivity index (χ0) is 21.1. The molecule has 154 valence electrons. The summed E-state index contributed by atoms with van der Waals surface area (Å²) in [6, 6.07) is 4.62. The first-order chi connectivity index (χ1) is 13.8. The SMILES string of the molecule is C=CCN1C(=O)N[C@H](c2cccc(F)c2)C2=C1CN(CC(=O)NCC(C)C)C2=O. The first-order valence-electron chi connectivity index (χ1n) is 9.55. The van der Waals surface area contributed by atoms with Gasteiger partial charge in [-0.25, -0.2) is 9.18 Å². The molecule has 2 aliphatic rings. The Bertz CT molecular complexity index is 880. The van der Waals surface area contributed by atoms with Crippen molar-refractivity contribution < 1.29 is 18.8 Å². The van der Waals surface area contributed by atoms with Gasteiger partial charge in [-0.3, -0.25) is 14.5 Å². The lowest BCUT2D eigenvalue weighted by Crippen LogP contribution is -2.47. The molecule has 1 atom stereocenters. The molecule has 8 heteroatoms. The molecule has 7 nitrogen and oxygen atoms in total. The monoisotopic (exact) mass is 400 g/mol. The number of amides is 4. The molecule has 0 radical (unpaired) electrons. The van der Waals surface area contributed by atoms with Gasteiger partial charge in [0.2, 0.25) is 5.91 Å². The molecule has 0 saturated carbocycles. The molecular formula is C21H25FN4O3. The van der Waals surface area contributed by atoms with Gasteiger partial charge in [-0.1, -0.05) is 32.1 Å². The molecule has 1 aromatic rings. The van der Waals surface area contributed by atoms with Crippen LogP contribution in [0.4, 0.5) is 9.18 Å². The number of nitrogens with zero attached hydrogens (tertiary/aromatic N) is 2. The average Bonchev–Trinajstić information content (AvgIpc) is 2.98. The molecular weight excluding hydrogens is 375 g/mol. The van der Waals surface area contributed by atoms with E-state index in [0.717, 1.165) is 0 Å². The van der Waals surface area contributed by atoms with E-state index >= 15 is 0 Å². The highest BCUT2D eigenvalue weighted by Crippen LogP contribution is 2.36. The third-order valence-corrected chi connectivity index (χ3v) is 4.83. The lowest BCUT2D eigenvalue weighted by Gasteiger charge is -2.33. The summed E-state index contributed by atoms with van der Waals surface area (Å²) in [5.74, 6) is -0.767. The topological polar surface area (TPSA) is 81.8 Å². The number of urea groups is 1. The van der Waals surface area contributed by atoms with Crippen LogP contribution >= 0.6 is 0 Å². The number of nitrogens with one attached hydrogen (secondary N) is 2. The molecule has 1 aromatic carbocycles. The molecule has 29 heavy (non-hydrogen) atoms. The van der Waals surface area contributed by atoms with Gasteiger partial charge in [-0.05, 0) is 23.6 Å². The second-order valence-corrected chi connectivity index (χ2v) is 7.56. The van der Waals surface area contributed by atoms with E-state index < -0.39 is 17.9 Å². The summed E-state index contributed by atoms with van der Waals surface area (Å²) in [5.41, 5.74) is 1.35. The van der Waals surface area contributed by atoms with E-state index in [-0.39, 0.29) is 31.4 Å². The van der Waals surface area contributed by atoms with Gasteiger partial charge in [0.25, 0.3) is 5.91 Å². The van der Waals surface area contributed by atoms with Crippen molar-refractivity contribution in [3.8, 4) is 0 Å². The average molecular weight is 400 g/mol. The maximum Gasteiger partial charge on any atom is 0.322 e. The smallest absolute Gasteiger partial charge is 0.322 e. The lowest BCUT2D eigenvalue weighted by atomic mass is 9.95. The van der Waals surface area contributed by atoms with E-state index in [1.165, 1.54) is 28.0 Å². The number of carbonyl (C=O) groups is 3. The fourth-order valence-corrected chi connectivity index (χ4v) is 3.48. The molecule has 0 spiro atoms. The van der Waals surface area contributed by atoms with Crippen LogP contribution in [0.3, 0.4) is 0 Å².